The zero-order valence-electron chi connectivity index (χ0n) is 22.4. The minimum absolute atomic E-state index is 0.0439. The topological polar surface area (TPSA) is 133 Å². The van der Waals surface area contributed by atoms with Gasteiger partial charge in [-0.1, -0.05) is 0 Å². The fraction of sp³-hybridized carbons (Fsp3) is 0.423. The summed E-state index contributed by atoms with van der Waals surface area (Å²) in [6, 6.07) is 4.15. The van der Waals surface area contributed by atoms with Crippen LogP contribution in [0, 0.1) is 0 Å². The Kier molecular flexibility index (Phi) is 7.11. The molecule has 0 amide bonds. The summed E-state index contributed by atoms with van der Waals surface area (Å²) < 4.78 is 80.8. The van der Waals surface area contributed by atoms with E-state index in [1.807, 2.05) is 0 Å². The van der Waals surface area contributed by atoms with E-state index in [0.29, 0.717) is 55.5 Å². The Morgan fingerprint density at radius 2 is 1.76 bits per heavy atom. The largest absolute Gasteiger partial charge is 0.433 e. The van der Waals surface area contributed by atoms with Gasteiger partial charge < -0.3 is 10.6 Å². The lowest BCUT2D eigenvalue weighted by Gasteiger charge is -2.26. The molecule has 16 heteroatoms. The number of nitrogens with zero attached hydrogens (tertiary/aromatic N) is 7. The molecule has 4 heterocycles. The quantitative estimate of drug-likeness (QED) is 0.268. The molecule has 42 heavy (non-hydrogen) atoms. The van der Waals surface area contributed by atoms with E-state index in [0.717, 1.165) is 14.8 Å². The number of hydrogen-bond donors (Lipinski definition) is 2. The number of aryl methyl sites for hydroxylation is 1. The summed E-state index contributed by atoms with van der Waals surface area (Å²) in [5.74, 6) is 0.416. The highest BCUT2D eigenvalue weighted by molar-refractivity contribution is 7.90. The van der Waals surface area contributed by atoms with Crippen LogP contribution in [0.1, 0.15) is 44.2 Å². The molecule has 0 saturated heterocycles. The number of anilines is 3. The molecule has 0 atom stereocenters. The predicted octanol–water partition coefficient (Wildman–Crippen LogP) is 4.93. The monoisotopic (exact) mass is 605 g/mol. The smallest absolute Gasteiger partial charge is 0.367 e. The molecular weight excluding hydrogens is 578 g/mol. The van der Waals surface area contributed by atoms with Crippen LogP contribution in [0.2, 0.25) is 0 Å². The van der Waals surface area contributed by atoms with Gasteiger partial charge >= 0.3 is 6.18 Å². The second-order valence-electron chi connectivity index (χ2n) is 10.5. The van der Waals surface area contributed by atoms with Crippen LogP contribution in [-0.2, 0) is 23.2 Å². The number of halogens is 4. The molecule has 2 N–H and O–H groups in total. The number of nitrogens with one attached hydrogen (secondary N) is 2. The van der Waals surface area contributed by atoms with Gasteiger partial charge in [-0.3, -0.25) is 9.67 Å². The molecule has 0 spiro atoms. The number of aromatic nitrogens is 7. The van der Waals surface area contributed by atoms with Gasteiger partial charge in [-0.2, -0.15) is 32.4 Å². The van der Waals surface area contributed by atoms with Crippen LogP contribution < -0.4 is 10.6 Å². The van der Waals surface area contributed by atoms with Gasteiger partial charge in [0.05, 0.1) is 34.6 Å². The third-order valence-corrected chi connectivity index (χ3v) is 9.35. The summed E-state index contributed by atoms with van der Waals surface area (Å²) in [4.78, 5) is 13.2. The van der Waals surface area contributed by atoms with Gasteiger partial charge in [-0.15, -0.1) is 0 Å². The maximum Gasteiger partial charge on any atom is 0.433 e. The highest BCUT2D eigenvalue weighted by Gasteiger charge is 2.38. The fourth-order valence-electron chi connectivity index (χ4n) is 4.88. The minimum atomic E-state index is -4.59. The van der Waals surface area contributed by atoms with Crippen LogP contribution in [0.3, 0.4) is 0 Å². The Hall–Kier alpha value is -4.08. The van der Waals surface area contributed by atoms with Crippen molar-refractivity contribution >= 4 is 27.5 Å². The second-order valence-corrected chi connectivity index (χ2v) is 12.6. The zero-order valence-corrected chi connectivity index (χ0v) is 23.2. The van der Waals surface area contributed by atoms with Gasteiger partial charge in [0.25, 0.3) is 10.0 Å². The first kappa shape index (κ1) is 28.1. The van der Waals surface area contributed by atoms with Crippen molar-refractivity contribution in [1.29, 1.82) is 0 Å². The standard InChI is InChI=1S/C26H27F4N9O2S/c1-38-23(26(28,29)30)11-22(37-38)20-13-32-25(36-24(20)34-17-4-2-16(27)3-5-17)35-18-8-9-31-21(10-18)15-12-33-39(14-15)42(40,41)19-6-7-19/h8-14,16-17,19H,2-7H2,1H3,(H2,31,32,34,35,36). The van der Waals surface area contributed by atoms with Crippen LogP contribution in [0.15, 0.2) is 43.0 Å². The van der Waals surface area contributed by atoms with Crippen LogP contribution in [0.4, 0.5) is 35.0 Å². The van der Waals surface area contributed by atoms with E-state index in [1.54, 1.807) is 12.1 Å². The van der Waals surface area contributed by atoms with Gasteiger partial charge in [-0.05, 0) is 56.7 Å². The van der Waals surface area contributed by atoms with Crippen LogP contribution >= 0.6 is 0 Å². The van der Waals surface area contributed by atoms with Gasteiger partial charge in [0.2, 0.25) is 5.95 Å². The molecule has 2 fully saturated rings. The van der Waals surface area contributed by atoms with E-state index in [2.05, 4.69) is 35.8 Å². The van der Waals surface area contributed by atoms with Gasteiger partial charge in [-0.25, -0.2) is 17.8 Å². The Morgan fingerprint density at radius 1 is 1.00 bits per heavy atom. The van der Waals surface area contributed by atoms with Crippen molar-refractivity contribution in [3.05, 3.63) is 48.7 Å². The number of alkyl halides is 4. The third kappa shape index (κ3) is 5.80. The molecule has 0 bridgehead atoms. The Morgan fingerprint density at radius 3 is 2.45 bits per heavy atom. The minimum Gasteiger partial charge on any atom is -0.367 e. The molecule has 0 unspecified atom stereocenters. The summed E-state index contributed by atoms with van der Waals surface area (Å²) >= 11 is 0. The number of pyridine rings is 1. The third-order valence-electron chi connectivity index (χ3n) is 7.31. The summed E-state index contributed by atoms with van der Waals surface area (Å²) in [5, 5.41) is 14.0. The molecule has 2 aliphatic carbocycles. The van der Waals surface area contributed by atoms with Crippen molar-refractivity contribution in [1.82, 2.24) is 33.9 Å². The predicted molar refractivity (Wildman–Crippen MR) is 146 cm³/mol. The van der Waals surface area contributed by atoms with E-state index in [9.17, 15) is 26.0 Å². The number of rotatable bonds is 8. The lowest BCUT2D eigenvalue weighted by Crippen LogP contribution is -2.27. The molecule has 222 valence electrons. The number of hydrogen-bond acceptors (Lipinski definition) is 9. The molecule has 4 aromatic rings. The molecule has 4 aromatic heterocycles. The van der Waals surface area contributed by atoms with Crippen molar-refractivity contribution in [3.63, 3.8) is 0 Å². The summed E-state index contributed by atoms with van der Waals surface area (Å²) in [6.07, 6.45) is 3.36. The molecule has 0 aliphatic heterocycles. The second kappa shape index (κ2) is 10.6. The van der Waals surface area contributed by atoms with Gasteiger partial charge in [0, 0.05) is 36.7 Å². The van der Waals surface area contributed by atoms with Crippen molar-refractivity contribution in [2.24, 2.45) is 7.05 Å². The molecule has 2 aliphatic rings. The van der Waals surface area contributed by atoms with Crippen molar-refractivity contribution in [2.45, 2.75) is 62.2 Å². The first-order chi connectivity index (χ1) is 20.0. The summed E-state index contributed by atoms with van der Waals surface area (Å²) in [6.45, 7) is 0. The summed E-state index contributed by atoms with van der Waals surface area (Å²) in [7, 11) is -2.31. The molecule has 11 nitrogen and oxygen atoms in total. The first-order valence-corrected chi connectivity index (χ1v) is 14.9. The zero-order chi connectivity index (χ0) is 29.6. The van der Waals surface area contributed by atoms with Crippen LogP contribution in [0.5, 0.6) is 0 Å². The Bertz CT molecular complexity index is 1710. The molecule has 0 aromatic carbocycles. The van der Waals surface area contributed by atoms with E-state index >= 15 is 0 Å². The lowest BCUT2D eigenvalue weighted by molar-refractivity contribution is -0.143. The van der Waals surface area contributed by atoms with Gasteiger partial charge in [0.15, 0.2) is 0 Å². The normalized spacial score (nSPS) is 19.5. The molecule has 0 radical (unpaired) electrons. The lowest BCUT2D eigenvalue weighted by atomic mass is 9.94. The maximum atomic E-state index is 13.7. The van der Waals surface area contributed by atoms with Crippen molar-refractivity contribution < 1.29 is 26.0 Å². The fourth-order valence-corrected chi connectivity index (χ4v) is 6.36. The van der Waals surface area contributed by atoms with Gasteiger partial charge in [0.1, 0.15) is 17.7 Å². The highest BCUT2D eigenvalue weighted by atomic mass is 32.2. The molecular formula is C26H27F4N9O2S. The average molecular weight is 606 g/mol. The maximum absolute atomic E-state index is 13.7. The van der Waals surface area contributed by atoms with Crippen molar-refractivity contribution in [3.8, 4) is 22.5 Å². The Labute approximate surface area is 238 Å². The first-order valence-electron chi connectivity index (χ1n) is 13.4. The summed E-state index contributed by atoms with van der Waals surface area (Å²) in [5.41, 5.74) is 0.896. The van der Waals surface area contributed by atoms with E-state index in [4.69, 9.17) is 0 Å². The van der Waals surface area contributed by atoms with E-state index in [-0.39, 0.29) is 29.1 Å². The molecule has 2 saturated carbocycles. The Balaban J connectivity index is 1.28. The highest BCUT2D eigenvalue weighted by Crippen LogP contribution is 2.35. The van der Waals surface area contributed by atoms with E-state index < -0.39 is 33.3 Å². The molecule has 6 rings (SSSR count). The van der Waals surface area contributed by atoms with Crippen molar-refractivity contribution in [2.75, 3.05) is 10.6 Å². The van der Waals surface area contributed by atoms with Crippen LogP contribution in [0.25, 0.3) is 22.5 Å². The SMILES string of the molecule is Cn1nc(-c2cnc(Nc3ccnc(-c4cnn(S(=O)(=O)C5CC5)c4)c3)nc2NC2CCC(F)CC2)cc1C(F)(F)F. The van der Waals surface area contributed by atoms with E-state index in [1.165, 1.54) is 31.8 Å². The average Bonchev–Trinajstić information content (AvgIpc) is 3.55. The van der Waals surface area contributed by atoms with Crippen LogP contribution in [-0.4, -0.2) is 59.8 Å².